The van der Waals surface area contributed by atoms with E-state index in [0.29, 0.717) is 64.6 Å². The van der Waals surface area contributed by atoms with Crippen molar-refractivity contribution in [3.8, 4) is 45.0 Å². The zero-order chi connectivity index (χ0) is 65.9. The van der Waals surface area contributed by atoms with Crippen LogP contribution in [-0.4, -0.2) is 77.7 Å². The lowest BCUT2D eigenvalue weighted by Crippen LogP contribution is -2.61. The molecule has 16 nitrogen and oxygen atoms in total. The van der Waals surface area contributed by atoms with E-state index in [2.05, 4.69) is 194 Å². The van der Waals surface area contributed by atoms with Gasteiger partial charge in [-0.15, -0.1) is 24.9 Å². The maximum absolute atomic E-state index is 5.50. The van der Waals surface area contributed by atoms with E-state index in [-0.39, 0.29) is 12.1 Å². The number of para-hydroxylation sites is 3. The summed E-state index contributed by atoms with van der Waals surface area (Å²) in [5, 5.41) is 8.80. The van der Waals surface area contributed by atoms with Gasteiger partial charge in [0.1, 0.15) is 0 Å². The highest BCUT2D eigenvalue weighted by Gasteiger charge is 2.47. The Morgan fingerprint density at radius 3 is 1.45 bits per heavy atom. The highest BCUT2D eigenvalue weighted by atomic mass is 15.5. The molecule has 0 radical (unpaired) electrons. The molecule has 19 rings (SSSR count). The number of aromatic nitrogens is 5. The summed E-state index contributed by atoms with van der Waals surface area (Å²) in [4.78, 5) is 54.0. The molecule has 6 aliphatic heterocycles. The number of rotatable bonds is 10. The van der Waals surface area contributed by atoms with Crippen LogP contribution in [0.2, 0.25) is 0 Å². The Balaban J connectivity index is 0.855. The van der Waals surface area contributed by atoms with Gasteiger partial charge in [-0.05, 0) is 127 Å². The SMILES string of the molecule is CC(C)(C)c1cc2c3c(c1)N(c1ccccc1C1=Nc4nc(-c5ccccc5)nc5nc(-c6ccccc6)nc([n+]45)N1)c1ccc(-c4ccccc4)cc1B3c1cc(-c3ccccc3)ccc1N2c1ccccc1C1=NC2=NC(c3ccccc3)=NC3=N[N+](c4ccccc4)=CC(=N1)N23. The molecule has 0 saturated carbocycles. The fourth-order valence-electron chi connectivity index (χ4n) is 14.1. The van der Waals surface area contributed by atoms with Crippen molar-refractivity contribution in [3.63, 3.8) is 0 Å². The molecule has 6 aliphatic rings. The van der Waals surface area contributed by atoms with Crippen molar-refractivity contribution in [1.82, 2.24) is 24.8 Å². The number of guanidine groups is 2. The average molecular weight is 1280 g/mol. The van der Waals surface area contributed by atoms with E-state index in [9.17, 15) is 0 Å². The lowest BCUT2D eigenvalue weighted by Gasteiger charge is -2.45. The van der Waals surface area contributed by atoms with Crippen LogP contribution in [0.4, 0.5) is 51.7 Å². The number of hydrogen-bond donors (Lipinski definition) is 1. The van der Waals surface area contributed by atoms with E-state index < -0.39 is 0 Å². The maximum Gasteiger partial charge on any atom is 0.334 e. The molecule has 2 aromatic heterocycles. The number of hydrazone groups is 1. The fraction of sp³-hybridized carbons (Fsp3) is 0.0488. The molecule has 17 heteroatoms. The van der Waals surface area contributed by atoms with Crippen LogP contribution < -0.4 is 35.9 Å². The van der Waals surface area contributed by atoms with Crippen molar-refractivity contribution in [2.45, 2.75) is 26.2 Å². The minimum Gasteiger partial charge on any atom is -0.311 e. The van der Waals surface area contributed by atoms with Gasteiger partial charge in [0.05, 0.1) is 16.9 Å². The minimum absolute atomic E-state index is 0.285. The average Bonchev–Trinajstić information content (AvgIpc) is 0.691. The molecule has 99 heavy (non-hydrogen) atoms. The van der Waals surface area contributed by atoms with Crippen LogP contribution in [0.25, 0.3) is 50.8 Å². The van der Waals surface area contributed by atoms with Gasteiger partial charge in [-0.3, -0.25) is 5.32 Å². The van der Waals surface area contributed by atoms with E-state index in [0.717, 1.165) is 112 Å². The number of aliphatic imine (C=N–C) groups is 5. The van der Waals surface area contributed by atoms with Crippen LogP contribution in [0.3, 0.4) is 0 Å². The highest BCUT2D eigenvalue weighted by Crippen LogP contribution is 2.49. The van der Waals surface area contributed by atoms with Crippen LogP contribution in [0.15, 0.2) is 309 Å². The van der Waals surface area contributed by atoms with Crippen molar-refractivity contribution >= 4 is 122 Å². The van der Waals surface area contributed by atoms with Crippen LogP contribution in [0.5, 0.6) is 0 Å². The zero-order valence-corrected chi connectivity index (χ0v) is 53.9. The summed E-state index contributed by atoms with van der Waals surface area (Å²) in [6.45, 7) is 6.60. The third-order valence-corrected chi connectivity index (χ3v) is 18.8. The van der Waals surface area contributed by atoms with Gasteiger partial charge >= 0.3 is 23.6 Å². The fourth-order valence-corrected chi connectivity index (χ4v) is 14.1. The smallest absolute Gasteiger partial charge is 0.311 e. The quantitative estimate of drug-likeness (QED) is 0.105. The summed E-state index contributed by atoms with van der Waals surface area (Å²) < 4.78 is 3.63. The lowest BCUT2D eigenvalue weighted by molar-refractivity contribution is -0.494. The van der Waals surface area contributed by atoms with E-state index in [4.69, 9.17) is 50.0 Å². The van der Waals surface area contributed by atoms with Gasteiger partial charge in [-0.2, -0.15) is 19.4 Å². The number of nitrogens with zero attached hydrogens (tertiary/aromatic N) is 15. The van der Waals surface area contributed by atoms with E-state index in [1.165, 1.54) is 0 Å². The molecular formula is C82H57BN16+2. The van der Waals surface area contributed by atoms with Crippen LogP contribution >= 0.6 is 0 Å². The Labute approximate surface area is 570 Å². The Morgan fingerprint density at radius 2 is 0.879 bits per heavy atom. The van der Waals surface area contributed by atoms with Gasteiger partial charge in [0, 0.05) is 62.2 Å². The minimum atomic E-state index is -0.353. The Kier molecular flexibility index (Phi) is 13.1. The first kappa shape index (κ1) is 57.2. The molecule has 0 bridgehead atoms. The molecule has 0 saturated heterocycles. The summed E-state index contributed by atoms with van der Waals surface area (Å²) in [6, 6.07) is 97.2. The summed E-state index contributed by atoms with van der Waals surface area (Å²) in [6.07, 6.45) is 1.93. The number of anilines is 7. The summed E-state index contributed by atoms with van der Waals surface area (Å²) in [5.41, 5.74) is 19.4. The monoisotopic (exact) mass is 1280 g/mol. The summed E-state index contributed by atoms with van der Waals surface area (Å²) >= 11 is 0. The van der Waals surface area contributed by atoms with Gasteiger partial charge in [-0.25, -0.2) is 9.89 Å². The Hall–Kier alpha value is -13.3. The first-order valence-electron chi connectivity index (χ1n) is 33.0. The highest BCUT2D eigenvalue weighted by molar-refractivity contribution is 7.00. The maximum atomic E-state index is 5.50. The second-order valence-corrected chi connectivity index (χ2v) is 25.9. The number of benzene rings is 11. The van der Waals surface area contributed by atoms with Crippen molar-refractivity contribution in [2.24, 2.45) is 30.1 Å². The third-order valence-electron chi connectivity index (χ3n) is 18.8. The normalized spacial score (nSPS) is 14.6. The molecule has 0 atom stereocenters. The van der Waals surface area contributed by atoms with Gasteiger partial charge in [-0.1, -0.05) is 215 Å². The van der Waals surface area contributed by atoms with Gasteiger partial charge in [0.25, 0.3) is 6.71 Å². The molecule has 0 spiro atoms. The third kappa shape index (κ3) is 9.68. The van der Waals surface area contributed by atoms with Crippen molar-refractivity contribution in [2.75, 3.05) is 15.1 Å². The van der Waals surface area contributed by atoms with Crippen LogP contribution in [0.1, 0.15) is 43.0 Å². The number of amidine groups is 4. The number of fused-ring (bicyclic) bond motifs is 4. The van der Waals surface area contributed by atoms with E-state index in [1.54, 1.807) is 4.40 Å². The first-order valence-corrected chi connectivity index (χ1v) is 33.0. The Bertz CT molecular complexity index is 5710. The van der Waals surface area contributed by atoms with Crippen LogP contribution in [-0.2, 0) is 5.41 Å². The first-order chi connectivity index (χ1) is 48.7. The second-order valence-electron chi connectivity index (χ2n) is 25.9. The lowest BCUT2D eigenvalue weighted by atomic mass is 9.33. The van der Waals surface area contributed by atoms with E-state index >= 15 is 0 Å². The number of nitrogens with one attached hydrogen (secondary N) is 1. The molecule has 11 aromatic carbocycles. The van der Waals surface area contributed by atoms with Crippen molar-refractivity contribution in [1.29, 1.82) is 0 Å². The van der Waals surface area contributed by atoms with Crippen LogP contribution in [0, 0.1) is 0 Å². The Morgan fingerprint density at radius 1 is 0.384 bits per heavy atom. The molecular weight excluding hydrogens is 1220 g/mol. The molecule has 13 aromatic rings. The summed E-state index contributed by atoms with van der Waals surface area (Å²) in [7, 11) is 0. The van der Waals surface area contributed by atoms with Crippen molar-refractivity contribution < 1.29 is 9.09 Å². The topological polar surface area (TPSA) is 155 Å². The van der Waals surface area contributed by atoms with Gasteiger partial charge in [0.15, 0.2) is 11.7 Å². The standard InChI is InChI=1S/C82H56BN16/c1-82(2,3)58-48-68-71-69(49-58)97(65-41-25-23-39-61(65)76-92-79-88-72(53-30-14-6-15-31-53)86-78-87-73(54-32-16-7-17-33-54)89-80(93-76)99(78)79)67-45-43-57(52-28-12-5-13-29-52)47-63(67)83(71)62-46-56(51-26-10-4-11-27-51)42-44-66(62)96(68)64-40-24-22-38-60(64)75-84-70-50-95(59-36-20-9-21-37-59)94-81-90-74(55-34-18-8-19-35-55)85-77(91-75)98(70)81/h4-50H,1-3H3/q+1/p+1. The molecule has 8 heterocycles. The number of hydrogen-bond acceptors (Lipinski definition) is 14. The van der Waals surface area contributed by atoms with E-state index in [1.807, 2.05) is 137 Å². The van der Waals surface area contributed by atoms with Gasteiger partial charge < -0.3 is 9.80 Å². The predicted molar refractivity (Wildman–Crippen MR) is 398 cm³/mol. The predicted octanol–water partition coefficient (Wildman–Crippen LogP) is 14.5. The molecule has 1 N–H and O–H groups in total. The molecule has 0 amide bonds. The zero-order valence-electron chi connectivity index (χ0n) is 53.9. The molecule has 0 unspecified atom stereocenters. The largest absolute Gasteiger partial charge is 0.334 e. The summed E-state index contributed by atoms with van der Waals surface area (Å²) in [5.74, 6) is 5.20. The molecule has 0 fully saturated rings. The molecule has 0 aliphatic carbocycles. The molecule has 466 valence electrons. The van der Waals surface area contributed by atoms with Gasteiger partial charge in [0.2, 0.25) is 41.2 Å². The second kappa shape index (κ2) is 22.7. The van der Waals surface area contributed by atoms with Crippen molar-refractivity contribution in [3.05, 3.63) is 301 Å².